The third-order valence-electron chi connectivity index (χ3n) is 4.93. The molecule has 1 aliphatic carbocycles. The highest BCUT2D eigenvalue weighted by Gasteiger charge is 2.31. The zero-order chi connectivity index (χ0) is 16.1. The Morgan fingerprint density at radius 2 is 2.17 bits per heavy atom. The highest BCUT2D eigenvalue weighted by Crippen LogP contribution is 2.39. The number of rotatable bonds is 3. The molecule has 0 bridgehead atoms. The number of aromatic nitrogens is 4. The van der Waals surface area contributed by atoms with Crippen molar-refractivity contribution in [3.8, 4) is 0 Å². The molecule has 0 N–H and O–H groups in total. The Kier molecular flexibility index (Phi) is 3.16. The van der Waals surface area contributed by atoms with Crippen LogP contribution in [0.15, 0.2) is 29.9 Å². The summed E-state index contributed by atoms with van der Waals surface area (Å²) in [7, 11) is 0. The van der Waals surface area contributed by atoms with Crippen molar-refractivity contribution in [1.29, 1.82) is 0 Å². The van der Waals surface area contributed by atoms with Crippen LogP contribution in [0, 0.1) is 0 Å². The molecule has 1 saturated carbocycles. The molecule has 2 fully saturated rings. The van der Waals surface area contributed by atoms with E-state index >= 15 is 0 Å². The summed E-state index contributed by atoms with van der Waals surface area (Å²) in [4.78, 5) is 19.0. The molecule has 1 aromatic carbocycles. The minimum absolute atomic E-state index is 0.0929. The SMILES string of the molecule is O=C(c1ccc2ncsc2c1)N1CC[C@@H](n2cc(C3CC3)nn2)C1. The Labute approximate surface area is 143 Å². The summed E-state index contributed by atoms with van der Waals surface area (Å²) in [6, 6.07) is 5.98. The molecule has 7 heteroatoms. The zero-order valence-corrected chi connectivity index (χ0v) is 13.9. The predicted octanol–water partition coefficient (Wildman–Crippen LogP) is 2.85. The molecule has 0 spiro atoms. The monoisotopic (exact) mass is 339 g/mol. The lowest BCUT2D eigenvalue weighted by molar-refractivity contribution is 0.0787. The van der Waals surface area contributed by atoms with Crippen LogP contribution >= 0.6 is 11.3 Å². The van der Waals surface area contributed by atoms with Crippen LogP contribution in [0.4, 0.5) is 0 Å². The van der Waals surface area contributed by atoms with Crippen molar-refractivity contribution in [2.75, 3.05) is 13.1 Å². The molecular weight excluding hydrogens is 322 g/mol. The molecule has 1 atom stereocenters. The third kappa shape index (κ3) is 2.39. The highest BCUT2D eigenvalue weighted by atomic mass is 32.1. The van der Waals surface area contributed by atoms with E-state index in [1.807, 2.05) is 33.3 Å². The quantitative estimate of drug-likeness (QED) is 0.736. The van der Waals surface area contributed by atoms with E-state index in [2.05, 4.69) is 21.5 Å². The molecule has 1 saturated heterocycles. The van der Waals surface area contributed by atoms with Gasteiger partial charge in [-0.25, -0.2) is 9.67 Å². The second-order valence-corrected chi connectivity index (χ2v) is 7.51. The van der Waals surface area contributed by atoms with Crippen molar-refractivity contribution in [1.82, 2.24) is 24.9 Å². The lowest BCUT2D eigenvalue weighted by Gasteiger charge is -2.16. The summed E-state index contributed by atoms with van der Waals surface area (Å²) in [5, 5.41) is 8.57. The predicted molar refractivity (Wildman–Crippen MR) is 91.2 cm³/mol. The largest absolute Gasteiger partial charge is 0.336 e. The first-order chi connectivity index (χ1) is 11.8. The fourth-order valence-corrected chi connectivity index (χ4v) is 4.06. The van der Waals surface area contributed by atoms with Crippen LogP contribution in [0.1, 0.15) is 47.3 Å². The molecular formula is C17H17N5OS. The van der Waals surface area contributed by atoms with E-state index in [4.69, 9.17) is 0 Å². The number of hydrogen-bond donors (Lipinski definition) is 0. The van der Waals surface area contributed by atoms with Gasteiger partial charge in [0, 0.05) is 30.8 Å². The van der Waals surface area contributed by atoms with E-state index in [1.54, 1.807) is 11.3 Å². The molecule has 122 valence electrons. The fourth-order valence-electron chi connectivity index (χ4n) is 3.35. The van der Waals surface area contributed by atoms with E-state index in [-0.39, 0.29) is 11.9 Å². The average Bonchev–Trinajstić information content (AvgIpc) is 3.06. The number of benzene rings is 1. The van der Waals surface area contributed by atoms with Crippen LogP contribution in [0.3, 0.4) is 0 Å². The van der Waals surface area contributed by atoms with E-state index in [0.29, 0.717) is 12.5 Å². The van der Waals surface area contributed by atoms with Gasteiger partial charge in [-0.05, 0) is 37.5 Å². The Morgan fingerprint density at radius 1 is 1.25 bits per heavy atom. The maximum absolute atomic E-state index is 12.8. The van der Waals surface area contributed by atoms with Crippen molar-refractivity contribution >= 4 is 27.5 Å². The van der Waals surface area contributed by atoms with Crippen LogP contribution in [-0.2, 0) is 0 Å². The molecule has 1 aliphatic heterocycles. The first-order valence-corrected chi connectivity index (χ1v) is 9.20. The summed E-state index contributed by atoms with van der Waals surface area (Å²) in [5.74, 6) is 0.708. The molecule has 3 heterocycles. The number of carbonyl (C=O) groups excluding carboxylic acids is 1. The molecule has 3 aromatic rings. The van der Waals surface area contributed by atoms with Crippen LogP contribution in [0.25, 0.3) is 10.2 Å². The number of amides is 1. The van der Waals surface area contributed by atoms with Crippen LogP contribution in [0.5, 0.6) is 0 Å². The molecule has 1 amide bonds. The van der Waals surface area contributed by atoms with Gasteiger partial charge in [0.25, 0.3) is 5.91 Å². The van der Waals surface area contributed by atoms with Gasteiger partial charge in [-0.1, -0.05) is 5.21 Å². The summed E-state index contributed by atoms with van der Waals surface area (Å²) in [6.07, 6.45) is 5.46. The molecule has 5 rings (SSSR count). The van der Waals surface area contributed by atoms with Gasteiger partial charge in [0.15, 0.2) is 0 Å². The molecule has 6 nitrogen and oxygen atoms in total. The van der Waals surface area contributed by atoms with Gasteiger partial charge < -0.3 is 4.90 Å². The third-order valence-corrected chi connectivity index (χ3v) is 5.72. The number of nitrogens with zero attached hydrogens (tertiary/aromatic N) is 5. The highest BCUT2D eigenvalue weighted by molar-refractivity contribution is 7.16. The van der Waals surface area contributed by atoms with E-state index in [1.165, 1.54) is 12.8 Å². The van der Waals surface area contributed by atoms with Crippen LogP contribution in [0.2, 0.25) is 0 Å². The molecule has 0 unspecified atom stereocenters. The summed E-state index contributed by atoms with van der Waals surface area (Å²) >= 11 is 1.57. The van der Waals surface area contributed by atoms with Gasteiger partial charge >= 0.3 is 0 Å². The molecule has 2 aromatic heterocycles. The summed E-state index contributed by atoms with van der Waals surface area (Å²) < 4.78 is 3.01. The maximum atomic E-state index is 12.8. The van der Waals surface area contributed by atoms with Gasteiger partial charge in [-0.3, -0.25) is 4.79 Å². The minimum Gasteiger partial charge on any atom is -0.336 e. The Morgan fingerprint density at radius 3 is 3.04 bits per heavy atom. The van der Waals surface area contributed by atoms with Crippen molar-refractivity contribution < 1.29 is 4.79 Å². The zero-order valence-electron chi connectivity index (χ0n) is 13.1. The minimum atomic E-state index is 0.0929. The lowest BCUT2D eigenvalue weighted by atomic mass is 10.2. The number of likely N-dealkylation sites (tertiary alicyclic amines) is 1. The van der Waals surface area contributed by atoms with Gasteiger partial charge in [-0.2, -0.15) is 0 Å². The fraction of sp³-hybridized carbons (Fsp3) is 0.412. The van der Waals surface area contributed by atoms with Crippen molar-refractivity contribution in [2.45, 2.75) is 31.2 Å². The Balaban J connectivity index is 1.32. The van der Waals surface area contributed by atoms with E-state index in [0.717, 1.165) is 34.4 Å². The van der Waals surface area contributed by atoms with E-state index < -0.39 is 0 Å². The summed E-state index contributed by atoms with van der Waals surface area (Å²) in [6.45, 7) is 1.47. The van der Waals surface area contributed by atoms with Crippen molar-refractivity contribution in [2.24, 2.45) is 0 Å². The maximum Gasteiger partial charge on any atom is 0.253 e. The first kappa shape index (κ1) is 14.1. The van der Waals surface area contributed by atoms with Crippen LogP contribution < -0.4 is 0 Å². The Hall–Kier alpha value is -2.28. The van der Waals surface area contributed by atoms with Gasteiger partial charge in [-0.15, -0.1) is 16.4 Å². The molecule has 2 aliphatic rings. The lowest BCUT2D eigenvalue weighted by Crippen LogP contribution is -2.29. The average molecular weight is 339 g/mol. The second kappa shape index (κ2) is 5.37. The number of fused-ring (bicyclic) bond motifs is 1. The molecule has 24 heavy (non-hydrogen) atoms. The van der Waals surface area contributed by atoms with Gasteiger partial charge in [0.05, 0.1) is 27.5 Å². The number of hydrogen-bond acceptors (Lipinski definition) is 5. The number of thiazole rings is 1. The van der Waals surface area contributed by atoms with Gasteiger partial charge in [0.1, 0.15) is 0 Å². The summed E-state index contributed by atoms with van der Waals surface area (Å²) in [5.41, 5.74) is 4.61. The first-order valence-electron chi connectivity index (χ1n) is 8.32. The smallest absolute Gasteiger partial charge is 0.253 e. The van der Waals surface area contributed by atoms with Crippen molar-refractivity contribution in [3.05, 3.63) is 41.2 Å². The van der Waals surface area contributed by atoms with E-state index in [9.17, 15) is 4.79 Å². The number of carbonyl (C=O) groups is 1. The van der Waals surface area contributed by atoms with Crippen molar-refractivity contribution in [3.63, 3.8) is 0 Å². The molecule has 0 radical (unpaired) electrons. The Bertz CT molecular complexity index is 912. The topological polar surface area (TPSA) is 63.9 Å². The second-order valence-electron chi connectivity index (χ2n) is 6.63. The van der Waals surface area contributed by atoms with Gasteiger partial charge in [0.2, 0.25) is 0 Å². The van der Waals surface area contributed by atoms with Crippen LogP contribution in [-0.4, -0.2) is 43.9 Å². The normalized spacial score (nSPS) is 20.8. The standard InChI is InChI=1S/C17H17N5OS/c23-17(12-3-4-14-16(7-12)24-10-18-14)21-6-5-13(8-21)22-9-15(19-20-22)11-1-2-11/h3-4,7,9-11,13H,1-2,5-6,8H2/t13-/m1/s1.